The molecule has 0 radical (unpaired) electrons. The Morgan fingerprint density at radius 2 is 1.58 bits per heavy atom. The first-order valence-electron chi connectivity index (χ1n) is 16.7. The number of aliphatic hydroxyl groups is 1. The number of amides is 1. The lowest BCUT2D eigenvalue weighted by atomic mass is 9.85. The van der Waals surface area contributed by atoms with Crippen molar-refractivity contribution in [3.05, 3.63) is 95.4 Å². The minimum absolute atomic E-state index is 0.136. The van der Waals surface area contributed by atoms with E-state index < -0.39 is 0 Å². The molecule has 0 saturated carbocycles. The van der Waals surface area contributed by atoms with Gasteiger partial charge in [0.05, 0.1) is 18.3 Å². The molecule has 1 saturated heterocycles. The van der Waals surface area contributed by atoms with Gasteiger partial charge in [-0.1, -0.05) is 94.8 Å². The average Bonchev–Trinajstić information content (AvgIpc) is 3.48. The third kappa shape index (κ3) is 10.6. The number of aliphatic hydroxyl groups excluding tert-OH is 1. The maximum absolute atomic E-state index is 12.9. The minimum Gasteiger partial charge on any atom is -0.516 e. The molecule has 4 rings (SSSR count). The van der Waals surface area contributed by atoms with Crippen LogP contribution >= 0.6 is 0 Å². The van der Waals surface area contributed by atoms with E-state index in [9.17, 15) is 4.79 Å². The summed E-state index contributed by atoms with van der Waals surface area (Å²) in [4.78, 5) is 26.5. The number of fused-ring (bicyclic) bond motifs is 1. The fourth-order valence-electron chi connectivity index (χ4n) is 7.24. The number of piperidine rings is 1. The van der Waals surface area contributed by atoms with Crippen LogP contribution in [-0.2, 0) is 29.0 Å². The van der Waals surface area contributed by atoms with Crippen molar-refractivity contribution >= 4 is 12.7 Å². The van der Waals surface area contributed by atoms with Gasteiger partial charge in [0.1, 0.15) is 6.29 Å². The number of primary amides is 1. The zero-order valence-electron chi connectivity index (χ0n) is 28.3. The topological polar surface area (TPSA) is 98.9 Å². The number of benzene rings is 2. The van der Waals surface area contributed by atoms with E-state index in [0.717, 1.165) is 58.0 Å². The van der Waals surface area contributed by atoms with Crippen LogP contribution in [0.2, 0.25) is 0 Å². The van der Waals surface area contributed by atoms with E-state index >= 15 is 0 Å². The van der Waals surface area contributed by atoms with Crippen molar-refractivity contribution in [2.75, 3.05) is 27.2 Å². The van der Waals surface area contributed by atoms with Crippen LogP contribution in [0.25, 0.3) is 0 Å². The summed E-state index contributed by atoms with van der Waals surface area (Å²) in [6.45, 7) is 12.7. The molecule has 45 heavy (non-hydrogen) atoms. The molecule has 4 N–H and O–H groups in total. The summed E-state index contributed by atoms with van der Waals surface area (Å²) < 4.78 is 0. The highest BCUT2D eigenvalue weighted by Crippen LogP contribution is 2.36. The molecule has 1 aliphatic carbocycles. The standard InChI is InChI=1S/C35H51N3O.C2H4O.CH3NO/c1-6-13-33(35(36-4)31-22-28-14-9-10-15-29(28)23-31)38(34(25-39)26(7-2)8-3)24-30-16-11-12-17-32(30)27-18-20-37(5)21-19-27;1-2-3;2-1-3/h9-17,25-27,31,34-36H,6-8,18-24H2,1-5H3;2-3H,1H2;1H,(H2,2,3)/b33-13+;;. The highest BCUT2D eigenvalue weighted by atomic mass is 16.2. The Hall–Kier alpha value is -3.42. The third-order valence-electron chi connectivity index (χ3n) is 9.51. The van der Waals surface area contributed by atoms with Crippen LogP contribution in [0, 0.1) is 11.8 Å². The van der Waals surface area contributed by atoms with Gasteiger partial charge in [-0.2, -0.15) is 0 Å². The molecule has 1 heterocycles. The number of nitrogens with two attached hydrogens (primary N) is 1. The fourth-order valence-corrected chi connectivity index (χ4v) is 7.24. The Labute approximate surface area is 272 Å². The van der Waals surface area contributed by atoms with E-state index in [0.29, 0.717) is 17.8 Å². The number of allylic oxidation sites excluding steroid dienone is 1. The van der Waals surface area contributed by atoms with E-state index in [1.807, 2.05) is 0 Å². The number of nitrogens with zero attached hydrogens (tertiary/aromatic N) is 2. The molecular formula is C38H58N4O3. The Bertz CT molecular complexity index is 1160. The van der Waals surface area contributed by atoms with Gasteiger partial charge >= 0.3 is 0 Å². The number of likely N-dealkylation sites (tertiary alicyclic amines) is 1. The largest absolute Gasteiger partial charge is 0.516 e. The van der Waals surface area contributed by atoms with E-state index in [1.165, 1.54) is 47.1 Å². The third-order valence-corrected chi connectivity index (χ3v) is 9.51. The molecular weight excluding hydrogens is 560 g/mol. The molecule has 7 heteroatoms. The van der Waals surface area contributed by atoms with Crippen molar-refractivity contribution in [2.45, 2.75) is 90.3 Å². The molecule has 1 aliphatic heterocycles. The SMILES string of the molecule is C=CO.CC/C=C(\C(NC)C1Cc2ccccc2C1)N(Cc1ccccc1C1CCN(C)CC1)C(C=O)C(CC)CC.NC=O. The van der Waals surface area contributed by atoms with E-state index in [4.69, 9.17) is 9.90 Å². The fraction of sp³-hybridized carbons (Fsp3) is 0.526. The number of rotatable bonds is 13. The molecule has 2 aromatic carbocycles. The van der Waals surface area contributed by atoms with Crippen LogP contribution in [-0.4, -0.2) is 66.9 Å². The molecule has 2 aliphatic rings. The Morgan fingerprint density at radius 3 is 2.07 bits per heavy atom. The van der Waals surface area contributed by atoms with Gasteiger partial charge in [0, 0.05) is 12.2 Å². The summed E-state index contributed by atoms with van der Waals surface area (Å²) >= 11 is 0. The Balaban J connectivity index is 0.00000109. The number of aldehydes is 1. The van der Waals surface area contributed by atoms with Crippen LogP contribution in [0.3, 0.4) is 0 Å². The first kappa shape index (κ1) is 37.8. The molecule has 0 bridgehead atoms. The number of nitrogens with one attached hydrogen (secondary N) is 1. The molecule has 248 valence electrons. The second-order valence-corrected chi connectivity index (χ2v) is 12.2. The van der Waals surface area contributed by atoms with Crippen molar-refractivity contribution in [1.29, 1.82) is 0 Å². The van der Waals surface area contributed by atoms with Crippen molar-refractivity contribution in [3.8, 4) is 0 Å². The van der Waals surface area contributed by atoms with Gasteiger partial charge in [-0.15, -0.1) is 0 Å². The van der Waals surface area contributed by atoms with Crippen LogP contribution in [0.4, 0.5) is 0 Å². The van der Waals surface area contributed by atoms with E-state index in [-0.39, 0.29) is 18.5 Å². The molecule has 2 atom stereocenters. The zero-order chi connectivity index (χ0) is 33.2. The van der Waals surface area contributed by atoms with Gasteiger partial charge in [0.2, 0.25) is 6.41 Å². The quantitative estimate of drug-likeness (QED) is 0.178. The van der Waals surface area contributed by atoms with Gasteiger partial charge < -0.3 is 30.8 Å². The van der Waals surface area contributed by atoms with Crippen molar-refractivity contribution in [2.24, 2.45) is 17.6 Å². The molecule has 7 nitrogen and oxygen atoms in total. The highest BCUT2D eigenvalue weighted by molar-refractivity contribution is 5.59. The van der Waals surface area contributed by atoms with E-state index in [1.54, 1.807) is 0 Å². The number of hydrogen-bond donors (Lipinski definition) is 3. The summed E-state index contributed by atoms with van der Waals surface area (Å²) in [6, 6.07) is 18.0. The summed E-state index contributed by atoms with van der Waals surface area (Å²) in [7, 11) is 4.34. The zero-order valence-corrected chi connectivity index (χ0v) is 28.3. The lowest BCUT2D eigenvalue weighted by molar-refractivity contribution is -0.114. The second-order valence-electron chi connectivity index (χ2n) is 12.2. The lowest BCUT2D eigenvalue weighted by Gasteiger charge is -2.42. The second kappa shape index (κ2) is 20.6. The number of hydrogen-bond acceptors (Lipinski definition) is 6. The predicted octanol–water partition coefficient (Wildman–Crippen LogP) is 6.39. The normalized spacial score (nSPS) is 16.8. The van der Waals surface area contributed by atoms with Gasteiger partial charge in [0.25, 0.3) is 0 Å². The molecule has 1 fully saturated rings. The highest BCUT2D eigenvalue weighted by Gasteiger charge is 2.36. The monoisotopic (exact) mass is 618 g/mol. The summed E-state index contributed by atoms with van der Waals surface area (Å²) in [5, 5.41) is 11.1. The van der Waals surface area contributed by atoms with Gasteiger partial charge in [-0.3, -0.25) is 4.79 Å². The van der Waals surface area contributed by atoms with Gasteiger partial charge in [-0.25, -0.2) is 0 Å². The van der Waals surface area contributed by atoms with Crippen LogP contribution in [0.5, 0.6) is 0 Å². The van der Waals surface area contributed by atoms with Crippen molar-refractivity contribution < 1.29 is 14.7 Å². The maximum atomic E-state index is 12.9. The Morgan fingerprint density at radius 1 is 1.04 bits per heavy atom. The van der Waals surface area contributed by atoms with Gasteiger partial charge in [-0.05, 0) is 99.3 Å². The smallest absolute Gasteiger partial charge is 0.204 e. The van der Waals surface area contributed by atoms with Crippen LogP contribution in [0.15, 0.2) is 73.1 Å². The first-order valence-corrected chi connectivity index (χ1v) is 16.7. The minimum atomic E-state index is -0.136. The molecule has 0 spiro atoms. The average molecular weight is 619 g/mol. The number of likely N-dealkylation sites (N-methyl/N-ethyl adjacent to an activating group) is 1. The van der Waals surface area contributed by atoms with Gasteiger partial charge in [0.15, 0.2) is 0 Å². The summed E-state index contributed by atoms with van der Waals surface area (Å²) in [5.74, 6) is 1.40. The summed E-state index contributed by atoms with van der Waals surface area (Å²) in [5.41, 5.74) is 11.3. The molecule has 2 unspecified atom stereocenters. The number of carbonyl (C=O) groups is 2. The molecule has 2 aromatic rings. The van der Waals surface area contributed by atoms with Crippen LogP contribution in [0.1, 0.15) is 81.0 Å². The maximum Gasteiger partial charge on any atom is 0.204 e. The number of carbonyl (C=O) groups excluding carboxylic acids is 2. The van der Waals surface area contributed by atoms with Crippen LogP contribution < -0.4 is 11.1 Å². The Kier molecular flexibility index (Phi) is 17.3. The predicted molar refractivity (Wildman–Crippen MR) is 187 cm³/mol. The molecule has 0 aromatic heterocycles. The van der Waals surface area contributed by atoms with Crippen molar-refractivity contribution in [3.63, 3.8) is 0 Å². The van der Waals surface area contributed by atoms with E-state index in [2.05, 4.69) is 117 Å². The molecule has 1 amide bonds. The first-order chi connectivity index (χ1) is 21.9. The summed E-state index contributed by atoms with van der Waals surface area (Å²) in [6.07, 6.45) is 12.2. The lowest BCUT2D eigenvalue weighted by Crippen LogP contribution is -2.48. The van der Waals surface area contributed by atoms with Crippen molar-refractivity contribution in [1.82, 2.24) is 15.1 Å².